The molecule has 1 amide bonds. The Kier molecular flexibility index (Phi) is 7.00. The molecule has 5 atom stereocenters. The van der Waals surface area contributed by atoms with Crippen LogP contribution >= 0.6 is 11.3 Å². The van der Waals surface area contributed by atoms with E-state index in [2.05, 4.69) is 39.7 Å². The number of thiazole rings is 1. The average molecular weight is 525 g/mol. The third kappa shape index (κ3) is 4.51. The van der Waals surface area contributed by atoms with Crippen LogP contribution in [0.3, 0.4) is 0 Å². The second kappa shape index (κ2) is 10.1. The number of carbonyl (C=O) groups excluding carboxylic acids is 1. The molecule has 5 rings (SSSR count). The minimum absolute atomic E-state index is 0.0118. The van der Waals surface area contributed by atoms with Gasteiger partial charge in [-0.15, -0.1) is 11.3 Å². The first-order chi connectivity index (χ1) is 17.8. The molecule has 2 aromatic rings. The lowest BCUT2D eigenvalue weighted by molar-refractivity contribution is -0.116. The third-order valence-electron chi connectivity index (χ3n) is 9.19. The van der Waals surface area contributed by atoms with Crippen molar-refractivity contribution in [1.82, 2.24) is 4.98 Å². The summed E-state index contributed by atoms with van der Waals surface area (Å²) in [5, 5.41) is 30.2. The molecule has 0 radical (unpaired) electrons. The molecule has 1 aromatic carbocycles. The zero-order valence-corrected chi connectivity index (χ0v) is 22.8. The molecule has 37 heavy (non-hydrogen) atoms. The van der Waals surface area contributed by atoms with E-state index in [-0.39, 0.29) is 17.2 Å². The van der Waals surface area contributed by atoms with Gasteiger partial charge in [-0.3, -0.25) is 4.79 Å². The van der Waals surface area contributed by atoms with Gasteiger partial charge in [-0.2, -0.15) is 0 Å². The van der Waals surface area contributed by atoms with Crippen molar-refractivity contribution in [2.24, 2.45) is 33.5 Å². The quantitative estimate of drug-likeness (QED) is 0.244. The van der Waals surface area contributed by atoms with Gasteiger partial charge >= 0.3 is 0 Å². The number of oxime groups is 2. The number of amides is 1. The number of rotatable bonds is 6. The third-order valence-corrected chi connectivity index (χ3v) is 10.0. The smallest absolute Gasteiger partial charge is 0.226 e. The number of fused-ring (bicyclic) bond motifs is 5. The fraction of sp³-hybridized carbons (Fsp3) is 0.571. The van der Waals surface area contributed by atoms with Crippen LogP contribution in [0.5, 0.6) is 5.75 Å². The van der Waals surface area contributed by atoms with Crippen molar-refractivity contribution in [3.05, 3.63) is 39.9 Å². The summed E-state index contributed by atoms with van der Waals surface area (Å²) in [6.07, 6.45) is 7.68. The average Bonchev–Trinajstić information content (AvgIpc) is 3.44. The van der Waals surface area contributed by atoms with Gasteiger partial charge in [-0.05, 0) is 99.3 Å². The van der Waals surface area contributed by atoms with Crippen molar-refractivity contribution in [3.8, 4) is 5.75 Å². The van der Waals surface area contributed by atoms with Crippen LogP contribution in [-0.2, 0) is 11.2 Å². The Morgan fingerprint density at radius 3 is 2.81 bits per heavy atom. The van der Waals surface area contributed by atoms with Crippen molar-refractivity contribution in [2.45, 2.75) is 71.6 Å². The Hall–Kier alpha value is -2.94. The first-order valence-corrected chi connectivity index (χ1v) is 13.9. The molecule has 198 valence electrons. The number of carbonyl (C=O) groups is 1. The molecule has 0 aliphatic heterocycles. The summed E-state index contributed by atoms with van der Waals surface area (Å²) in [7, 11) is 1.65. The standard InChI is InChI=1S/C28H36N4O4S/c1-15-14-29-27(37-15)30-25(33)8-6-18-12-24(32-35)28(3)10-9-19-20(26(18)28)7-5-17-11-23(36-4)21(13-22(17)19)16(2)31-34/h11,13-14,18-20,26,34-35H,5-10,12H2,1-4H3,(H,29,30,33)/b31-16+,32-24+. The molecule has 9 heteroatoms. The van der Waals surface area contributed by atoms with E-state index >= 15 is 0 Å². The maximum atomic E-state index is 12.7. The number of hydrogen-bond acceptors (Lipinski definition) is 8. The van der Waals surface area contributed by atoms with Gasteiger partial charge in [0.1, 0.15) is 5.75 Å². The van der Waals surface area contributed by atoms with E-state index in [1.807, 2.05) is 6.92 Å². The van der Waals surface area contributed by atoms with E-state index in [0.29, 0.717) is 35.0 Å². The molecule has 2 saturated carbocycles. The molecule has 0 spiro atoms. The molecule has 2 fully saturated rings. The molecule has 1 heterocycles. The van der Waals surface area contributed by atoms with Crippen LogP contribution < -0.4 is 10.1 Å². The summed E-state index contributed by atoms with van der Waals surface area (Å²) >= 11 is 1.48. The highest BCUT2D eigenvalue weighted by atomic mass is 32.1. The number of anilines is 1. The highest BCUT2D eigenvalue weighted by Crippen LogP contribution is 2.62. The predicted octanol–water partition coefficient (Wildman–Crippen LogP) is 5.99. The number of benzene rings is 1. The molecule has 8 nitrogen and oxygen atoms in total. The second-order valence-electron chi connectivity index (χ2n) is 11.1. The van der Waals surface area contributed by atoms with Crippen LogP contribution in [-0.4, -0.2) is 39.8 Å². The number of aryl methyl sites for hydroxylation is 2. The monoisotopic (exact) mass is 524 g/mol. The minimum Gasteiger partial charge on any atom is -0.496 e. The lowest BCUT2D eigenvalue weighted by atomic mass is 9.53. The van der Waals surface area contributed by atoms with E-state index in [4.69, 9.17) is 4.74 Å². The molecule has 1 aromatic heterocycles. The van der Waals surface area contributed by atoms with Gasteiger partial charge in [0.2, 0.25) is 5.91 Å². The van der Waals surface area contributed by atoms with Gasteiger partial charge in [-0.1, -0.05) is 17.2 Å². The van der Waals surface area contributed by atoms with Crippen LogP contribution in [0.4, 0.5) is 5.13 Å². The van der Waals surface area contributed by atoms with E-state index < -0.39 is 0 Å². The van der Waals surface area contributed by atoms with Gasteiger partial charge in [0, 0.05) is 28.5 Å². The highest BCUT2D eigenvalue weighted by molar-refractivity contribution is 7.15. The van der Waals surface area contributed by atoms with E-state index in [9.17, 15) is 15.2 Å². The number of aromatic nitrogens is 1. The van der Waals surface area contributed by atoms with Crippen molar-refractivity contribution in [2.75, 3.05) is 12.4 Å². The number of nitrogens with one attached hydrogen (secondary N) is 1. The first-order valence-electron chi connectivity index (χ1n) is 13.1. The fourth-order valence-corrected chi connectivity index (χ4v) is 8.20. The van der Waals surface area contributed by atoms with Crippen LogP contribution in [0, 0.1) is 30.1 Å². The Morgan fingerprint density at radius 1 is 1.32 bits per heavy atom. The zero-order chi connectivity index (χ0) is 26.3. The van der Waals surface area contributed by atoms with Gasteiger partial charge in [-0.25, -0.2) is 4.98 Å². The zero-order valence-electron chi connectivity index (χ0n) is 22.0. The van der Waals surface area contributed by atoms with Crippen molar-refractivity contribution >= 4 is 33.8 Å². The number of methoxy groups -OCH3 is 1. The van der Waals surface area contributed by atoms with Crippen molar-refractivity contribution in [3.63, 3.8) is 0 Å². The largest absolute Gasteiger partial charge is 0.496 e. The molecular formula is C28H36N4O4S. The van der Waals surface area contributed by atoms with Crippen molar-refractivity contribution < 1.29 is 19.9 Å². The van der Waals surface area contributed by atoms with Crippen LogP contribution in [0.1, 0.15) is 79.9 Å². The molecule has 0 bridgehead atoms. The Bertz CT molecular complexity index is 1250. The number of hydrogen-bond donors (Lipinski definition) is 3. The SMILES string of the molecule is COc1cc2c(cc1/C(C)=N/O)C1CCC3(C)/C(=N/O)CC(CCC(=O)Nc4ncc(C)s4)C3C1CC2. The van der Waals surface area contributed by atoms with Crippen LogP contribution in [0.15, 0.2) is 28.6 Å². The van der Waals surface area contributed by atoms with Gasteiger partial charge in [0.15, 0.2) is 5.13 Å². The molecule has 5 unspecified atom stereocenters. The van der Waals surface area contributed by atoms with E-state index in [0.717, 1.165) is 60.4 Å². The Morgan fingerprint density at radius 2 is 2.14 bits per heavy atom. The van der Waals surface area contributed by atoms with E-state index in [1.165, 1.54) is 22.5 Å². The first kappa shape index (κ1) is 25.7. The molecule has 3 aliphatic carbocycles. The van der Waals surface area contributed by atoms with Gasteiger partial charge < -0.3 is 20.5 Å². The molecule has 3 aliphatic rings. The van der Waals surface area contributed by atoms with E-state index in [1.54, 1.807) is 20.2 Å². The van der Waals surface area contributed by atoms with Crippen LogP contribution in [0.25, 0.3) is 0 Å². The number of ether oxygens (including phenoxy) is 1. The summed E-state index contributed by atoms with van der Waals surface area (Å²) in [5.74, 6) is 2.18. The fourth-order valence-electron chi connectivity index (χ4n) is 7.52. The Labute approximate surface area is 221 Å². The topological polar surface area (TPSA) is 116 Å². The summed E-state index contributed by atoms with van der Waals surface area (Å²) in [6.45, 7) is 6.03. The molecule has 0 saturated heterocycles. The summed E-state index contributed by atoms with van der Waals surface area (Å²) in [4.78, 5) is 18.1. The highest BCUT2D eigenvalue weighted by Gasteiger charge is 2.57. The lowest BCUT2D eigenvalue weighted by Crippen LogP contribution is -2.44. The Balaban J connectivity index is 1.41. The maximum absolute atomic E-state index is 12.7. The minimum atomic E-state index is -0.154. The van der Waals surface area contributed by atoms with Gasteiger partial charge in [0.05, 0.1) is 18.5 Å². The normalized spacial score (nSPS) is 29.9. The summed E-state index contributed by atoms with van der Waals surface area (Å²) in [5.41, 5.74) is 4.73. The summed E-state index contributed by atoms with van der Waals surface area (Å²) < 4.78 is 5.62. The predicted molar refractivity (Wildman–Crippen MR) is 144 cm³/mol. The maximum Gasteiger partial charge on any atom is 0.226 e. The molecule has 3 N–H and O–H groups in total. The second-order valence-corrected chi connectivity index (χ2v) is 12.3. The number of nitrogens with zero attached hydrogens (tertiary/aromatic N) is 3. The molecular weight excluding hydrogens is 488 g/mol. The van der Waals surface area contributed by atoms with Crippen LogP contribution in [0.2, 0.25) is 0 Å². The summed E-state index contributed by atoms with van der Waals surface area (Å²) in [6, 6.07) is 4.28. The lowest BCUT2D eigenvalue weighted by Gasteiger charge is -2.50. The van der Waals surface area contributed by atoms with Gasteiger partial charge in [0.25, 0.3) is 0 Å². The van der Waals surface area contributed by atoms with Crippen molar-refractivity contribution in [1.29, 1.82) is 0 Å².